The van der Waals surface area contributed by atoms with Crippen LogP contribution in [-0.2, 0) is 19.8 Å². The van der Waals surface area contributed by atoms with Crippen LogP contribution in [0.15, 0.2) is 28.9 Å². The highest BCUT2D eigenvalue weighted by Gasteiger charge is 2.27. The Morgan fingerprint density at radius 1 is 1.30 bits per heavy atom. The standard InChI is InChI=1S/C14H19O4PS/c1-4-17-19(15,18-5-2)10-14-12(9-11(3)20-14)13-7-6-8-16-13/h6-9H,4-5,10H2,1-3H3. The fourth-order valence-corrected chi connectivity index (χ4v) is 5.15. The number of aryl methyl sites for hydroxylation is 1. The first-order valence-corrected chi connectivity index (χ1v) is 9.13. The molecule has 0 aliphatic carbocycles. The number of hydrogen-bond donors (Lipinski definition) is 0. The minimum absolute atomic E-state index is 0.281. The fourth-order valence-electron chi connectivity index (χ4n) is 2.02. The van der Waals surface area contributed by atoms with Crippen LogP contribution in [0.4, 0.5) is 0 Å². The summed E-state index contributed by atoms with van der Waals surface area (Å²) in [6.45, 7) is 6.40. The lowest BCUT2D eigenvalue weighted by Crippen LogP contribution is -1.98. The number of furan rings is 1. The summed E-state index contributed by atoms with van der Waals surface area (Å²) in [7, 11) is -3.09. The third-order valence-corrected chi connectivity index (χ3v) is 5.98. The van der Waals surface area contributed by atoms with Gasteiger partial charge in [-0.05, 0) is 39.0 Å². The molecule has 0 bridgehead atoms. The summed E-state index contributed by atoms with van der Waals surface area (Å²) >= 11 is 1.60. The van der Waals surface area contributed by atoms with E-state index in [9.17, 15) is 4.57 Å². The lowest BCUT2D eigenvalue weighted by Gasteiger charge is -2.16. The molecule has 2 rings (SSSR count). The SMILES string of the molecule is CCOP(=O)(Cc1sc(C)cc1-c1ccco1)OCC. The van der Waals surface area contributed by atoms with E-state index in [-0.39, 0.29) is 6.16 Å². The van der Waals surface area contributed by atoms with Crippen LogP contribution in [0.3, 0.4) is 0 Å². The summed E-state index contributed by atoms with van der Waals surface area (Å²) < 4.78 is 28.8. The van der Waals surface area contributed by atoms with Crippen LogP contribution < -0.4 is 0 Å². The largest absolute Gasteiger partial charge is 0.464 e. The average molecular weight is 314 g/mol. The van der Waals surface area contributed by atoms with Crippen LogP contribution in [0, 0.1) is 6.92 Å². The highest BCUT2D eigenvalue weighted by Crippen LogP contribution is 2.53. The maximum atomic E-state index is 12.6. The van der Waals surface area contributed by atoms with E-state index in [0.717, 1.165) is 21.1 Å². The van der Waals surface area contributed by atoms with Crippen molar-refractivity contribution in [2.45, 2.75) is 26.9 Å². The molecular formula is C14H19O4PS. The van der Waals surface area contributed by atoms with Crippen LogP contribution in [0.1, 0.15) is 23.6 Å². The smallest absolute Gasteiger partial charge is 0.335 e. The van der Waals surface area contributed by atoms with Gasteiger partial charge >= 0.3 is 7.60 Å². The van der Waals surface area contributed by atoms with Crippen molar-refractivity contribution in [3.05, 3.63) is 34.2 Å². The Labute approximate surface area is 123 Å². The molecule has 2 aromatic heterocycles. The Balaban J connectivity index is 2.31. The highest BCUT2D eigenvalue weighted by atomic mass is 32.1. The van der Waals surface area contributed by atoms with E-state index in [4.69, 9.17) is 13.5 Å². The molecule has 2 heterocycles. The van der Waals surface area contributed by atoms with Crippen LogP contribution in [0.5, 0.6) is 0 Å². The van der Waals surface area contributed by atoms with Crippen molar-refractivity contribution in [1.29, 1.82) is 0 Å². The highest BCUT2D eigenvalue weighted by molar-refractivity contribution is 7.53. The third kappa shape index (κ3) is 3.61. The van der Waals surface area contributed by atoms with Crippen LogP contribution in [-0.4, -0.2) is 13.2 Å². The van der Waals surface area contributed by atoms with Gasteiger partial charge in [-0.15, -0.1) is 11.3 Å². The van der Waals surface area contributed by atoms with Gasteiger partial charge in [-0.1, -0.05) is 0 Å². The molecule has 0 aliphatic rings. The second-order valence-electron chi connectivity index (χ2n) is 4.28. The Hall–Kier alpha value is -0.870. The van der Waals surface area contributed by atoms with Crippen molar-refractivity contribution in [2.75, 3.05) is 13.2 Å². The molecule has 6 heteroatoms. The quantitative estimate of drug-likeness (QED) is 0.668. The zero-order valence-electron chi connectivity index (χ0n) is 11.9. The second kappa shape index (κ2) is 6.72. The van der Waals surface area contributed by atoms with Gasteiger partial charge < -0.3 is 13.5 Å². The molecule has 0 atom stereocenters. The normalized spacial score (nSPS) is 11.9. The lowest BCUT2D eigenvalue weighted by atomic mass is 10.2. The molecule has 0 spiro atoms. The Kier molecular flexibility index (Phi) is 5.22. The Bertz CT molecular complexity index is 578. The van der Waals surface area contributed by atoms with Crippen molar-refractivity contribution in [3.8, 4) is 11.3 Å². The molecule has 2 aromatic rings. The van der Waals surface area contributed by atoms with Gasteiger partial charge in [-0.3, -0.25) is 4.57 Å². The molecule has 0 fully saturated rings. The third-order valence-electron chi connectivity index (χ3n) is 2.71. The van der Waals surface area contributed by atoms with E-state index in [1.807, 2.05) is 39.0 Å². The van der Waals surface area contributed by atoms with Gasteiger partial charge in [0.2, 0.25) is 0 Å². The van der Waals surface area contributed by atoms with Crippen LogP contribution in [0.25, 0.3) is 11.3 Å². The number of thiophene rings is 1. The van der Waals surface area contributed by atoms with E-state index in [1.165, 1.54) is 0 Å². The molecule has 0 saturated heterocycles. The minimum atomic E-state index is -3.09. The molecule has 0 unspecified atom stereocenters. The Morgan fingerprint density at radius 2 is 2.00 bits per heavy atom. The molecule has 0 saturated carbocycles. The molecule has 0 aliphatic heterocycles. The summed E-state index contributed by atoms with van der Waals surface area (Å²) in [5.41, 5.74) is 0.970. The molecule has 0 amide bonds. The van der Waals surface area contributed by atoms with E-state index in [0.29, 0.717) is 13.2 Å². The first-order chi connectivity index (χ1) is 9.58. The van der Waals surface area contributed by atoms with Gasteiger partial charge in [-0.25, -0.2) is 0 Å². The van der Waals surface area contributed by atoms with E-state index in [2.05, 4.69) is 0 Å². The van der Waals surface area contributed by atoms with Crippen LogP contribution in [0.2, 0.25) is 0 Å². The van der Waals surface area contributed by atoms with Crippen molar-refractivity contribution in [1.82, 2.24) is 0 Å². The maximum Gasteiger partial charge on any atom is 0.335 e. The predicted octanol–water partition coefficient (Wildman–Crippen LogP) is 5.08. The zero-order valence-corrected chi connectivity index (χ0v) is 13.6. The molecule has 0 radical (unpaired) electrons. The van der Waals surface area contributed by atoms with E-state index in [1.54, 1.807) is 17.6 Å². The van der Waals surface area contributed by atoms with Gasteiger partial charge in [0.15, 0.2) is 0 Å². The fraction of sp³-hybridized carbons (Fsp3) is 0.429. The van der Waals surface area contributed by atoms with Gasteiger partial charge in [-0.2, -0.15) is 0 Å². The lowest BCUT2D eigenvalue weighted by molar-refractivity contribution is 0.219. The van der Waals surface area contributed by atoms with Crippen molar-refractivity contribution < 1.29 is 18.0 Å². The first kappa shape index (κ1) is 15.5. The summed E-state index contributed by atoms with van der Waals surface area (Å²) in [5, 5.41) is 0. The zero-order chi connectivity index (χ0) is 14.6. The first-order valence-electron chi connectivity index (χ1n) is 6.59. The van der Waals surface area contributed by atoms with Crippen molar-refractivity contribution in [2.24, 2.45) is 0 Å². The van der Waals surface area contributed by atoms with Crippen molar-refractivity contribution >= 4 is 18.9 Å². The minimum Gasteiger partial charge on any atom is -0.464 e. The van der Waals surface area contributed by atoms with Gasteiger partial charge in [0.1, 0.15) is 5.76 Å². The average Bonchev–Trinajstić information content (AvgIpc) is 2.99. The molecule has 0 N–H and O–H groups in total. The van der Waals surface area contributed by atoms with E-state index < -0.39 is 7.60 Å². The summed E-state index contributed by atoms with van der Waals surface area (Å²) in [4.78, 5) is 2.12. The second-order valence-corrected chi connectivity index (χ2v) is 7.67. The van der Waals surface area contributed by atoms with E-state index >= 15 is 0 Å². The van der Waals surface area contributed by atoms with Gasteiger partial charge in [0.05, 0.1) is 25.6 Å². The molecule has 4 nitrogen and oxygen atoms in total. The topological polar surface area (TPSA) is 48.7 Å². The number of hydrogen-bond acceptors (Lipinski definition) is 5. The summed E-state index contributed by atoms with van der Waals surface area (Å²) in [5.74, 6) is 0.781. The maximum absolute atomic E-state index is 12.6. The van der Waals surface area contributed by atoms with Gasteiger partial charge in [0.25, 0.3) is 0 Å². The molecular weight excluding hydrogens is 295 g/mol. The Morgan fingerprint density at radius 3 is 2.55 bits per heavy atom. The monoisotopic (exact) mass is 314 g/mol. The van der Waals surface area contributed by atoms with Crippen molar-refractivity contribution in [3.63, 3.8) is 0 Å². The summed E-state index contributed by atoms with van der Waals surface area (Å²) in [6, 6.07) is 5.79. The molecule has 20 heavy (non-hydrogen) atoms. The summed E-state index contributed by atoms with van der Waals surface area (Å²) in [6.07, 6.45) is 1.92. The molecule has 0 aromatic carbocycles. The predicted molar refractivity (Wildman–Crippen MR) is 81.3 cm³/mol. The van der Waals surface area contributed by atoms with Gasteiger partial charge in [0, 0.05) is 15.3 Å². The molecule has 110 valence electrons. The number of rotatable bonds is 7. The van der Waals surface area contributed by atoms with Crippen LogP contribution >= 0.6 is 18.9 Å².